The molecule has 0 atom stereocenters. The predicted molar refractivity (Wildman–Crippen MR) is 119 cm³/mol. The number of amides is 1. The van der Waals surface area contributed by atoms with Gasteiger partial charge in [-0.2, -0.15) is 0 Å². The molecule has 2 heterocycles. The number of rotatable bonds is 7. The van der Waals surface area contributed by atoms with E-state index in [4.69, 9.17) is 9.47 Å². The number of nitrogens with zero attached hydrogens (tertiary/aromatic N) is 2. The number of thiazole rings is 1. The maximum absolute atomic E-state index is 12.7. The molecular formula is C23H25N3O3S. The molecule has 0 saturated carbocycles. The number of hydrogen-bond acceptors (Lipinski definition) is 6. The minimum atomic E-state index is -0.202. The largest absolute Gasteiger partial charge is 0.494 e. The molecule has 30 heavy (non-hydrogen) atoms. The molecule has 1 aliphatic heterocycles. The lowest BCUT2D eigenvalue weighted by atomic mass is 10.2. The zero-order valence-corrected chi connectivity index (χ0v) is 17.8. The van der Waals surface area contributed by atoms with Gasteiger partial charge in [-0.25, -0.2) is 4.98 Å². The Labute approximate surface area is 180 Å². The van der Waals surface area contributed by atoms with Crippen molar-refractivity contribution in [3.05, 3.63) is 65.2 Å². The first-order valence-electron chi connectivity index (χ1n) is 10.1. The quantitative estimate of drug-likeness (QED) is 0.614. The van der Waals surface area contributed by atoms with Crippen LogP contribution in [-0.2, 0) is 11.3 Å². The topological polar surface area (TPSA) is 63.7 Å². The summed E-state index contributed by atoms with van der Waals surface area (Å²) in [6, 6.07) is 15.7. The second kappa shape index (κ2) is 9.84. The predicted octanol–water partition coefficient (Wildman–Crippen LogP) is 4.29. The zero-order chi connectivity index (χ0) is 20.8. The molecule has 1 amide bonds. The summed E-state index contributed by atoms with van der Waals surface area (Å²) in [5.41, 5.74) is 3.34. The number of carbonyl (C=O) groups is 1. The molecule has 1 aliphatic rings. The first kappa shape index (κ1) is 20.5. The Bertz CT molecular complexity index is 981. The van der Waals surface area contributed by atoms with Gasteiger partial charge in [-0.3, -0.25) is 9.69 Å². The van der Waals surface area contributed by atoms with Crippen LogP contribution in [0.2, 0.25) is 0 Å². The van der Waals surface area contributed by atoms with Crippen molar-refractivity contribution in [2.75, 3.05) is 38.2 Å². The Hall–Kier alpha value is -2.74. The van der Waals surface area contributed by atoms with Gasteiger partial charge in [0.05, 0.1) is 19.8 Å². The number of carbonyl (C=O) groups excluding carboxylic acids is 1. The van der Waals surface area contributed by atoms with Gasteiger partial charge in [0.15, 0.2) is 0 Å². The van der Waals surface area contributed by atoms with E-state index in [0.717, 1.165) is 54.9 Å². The van der Waals surface area contributed by atoms with Gasteiger partial charge in [-0.1, -0.05) is 12.1 Å². The smallest absolute Gasteiger partial charge is 0.275 e. The molecule has 1 fully saturated rings. The van der Waals surface area contributed by atoms with Gasteiger partial charge in [-0.05, 0) is 48.9 Å². The molecule has 1 saturated heterocycles. The number of morpholine rings is 1. The van der Waals surface area contributed by atoms with Crippen molar-refractivity contribution < 1.29 is 14.3 Å². The normalized spacial score (nSPS) is 14.4. The monoisotopic (exact) mass is 423 g/mol. The van der Waals surface area contributed by atoms with Gasteiger partial charge in [-0.15, -0.1) is 11.3 Å². The Balaban J connectivity index is 1.40. The summed E-state index contributed by atoms with van der Waals surface area (Å²) >= 11 is 1.46. The summed E-state index contributed by atoms with van der Waals surface area (Å²) in [4.78, 5) is 19.6. The van der Waals surface area contributed by atoms with Gasteiger partial charge in [0.25, 0.3) is 5.91 Å². The zero-order valence-electron chi connectivity index (χ0n) is 17.0. The third-order valence-corrected chi connectivity index (χ3v) is 5.74. The van der Waals surface area contributed by atoms with E-state index in [-0.39, 0.29) is 5.91 Å². The van der Waals surface area contributed by atoms with E-state index in [2.05, 4.69) is 21.3 Å². The minimum Gasteiger partial charge on any atom is -0.494 e. The average Bonchev–Trinajstić information content (AvgIpc) is 3.26. The Kier molecular flexibility index (Phi) is 6.74. The molecular weight excluding hydrogens is 398 g/mol. The number of nitrogens with one attached hydrogen (secondary N) is 1. The van der Waals surface area contributed by atoms with Crippen molar-refractivity contribution in [1.82, 2.24) is 9.88 Å². The van der Waals surface area contributed by atoms with Crippen LogP contribution in [0.4, 0.5) is 5.69 Å². The molecule has 1 aromatic heterocycles. The molecule has 7 heteroatoms. The van der Waals surface area contributed by atoms with Crippen LogP contribution >= 0.6 is 11.3 Å². The first-order chi connectivity index (χ1) is 14.7. The molecule has 0 aliphatic carbocycles. The molecule has 0 radical (unpaired) electrons. The molecule has 0 spiro atoms. The van der Waals surface area contributed by atoms with Gasteiger partial charge in [0.2, 0.25) is 0 Å². The van der Waals surface area contributed by atoms with Gasteiger partial charge in [0, 0.05) is 36.3 Å². The second-order valence-corrected chi connectivity index (χ2v) is 7.90. The number of anilines is 1. The van der Waals surface area contributed by atoms with Crippen molar-refractivity contribution >= 4 is 22.9 Å². The number of ether oxygens (including phenoxy) is 2. The fourth-order valence-corrected chi connectivity index (χ4v) is 4.14. The summed E-state index contributed by atoms with van der Waals surface area (Å²) < 4.78 is 10.9. The Morgan fingerprint density at radius 1 is 1.20 bits per heavy atom. The van der Waals surface area contributed by atoms with Gasteiger partial charge < -0.3 is 14.8 Å². The average molecular weight is 424 g/mol. The highest BCUT2D eigenvalue weighted by Crippen LogP contribution is 2.26. The van der Waals surface area contributed by atoms with E-state index >= 15 is 0 Å². The molecule has 3 aromatic rings. The fraction of sp³-hybridized carbons (Fsp3) is 0.304. The maximum atomic E-state index is 12.7. The van der Waals surface area contributed by atoms with Crippen molar-refractivity contribution in [3.8, 4) is 16.3 Å². The number of aromatic nitrogens is 1. The maximum Gasteiger partial charge on any atom is 0.275 e. The Morgan fingerprint density at radius 2 is 2.00 bits per heavy atom. The van der Waals surface area contributed by atoms with Crippen molar-refractivity contribution in [3.63, 3.8) is 0 Å². The molecule has 1 N–H and O–H groups in total. The van der Waals surface area contributed by atoms with E-state index in [0.29, 0.717) is 12.3 Å². The molecule has 4 rings (SSSR count). The third-order valence-electron chi connectivity index (χ3n) is 4.84. The van der Waals surface area contributed by atoms with E-state index in [1.807, 2.05) is 49.4 Å². The molecule has 0 bridgehead atoms. The van der Waals surface area contributed by atoms with Crippen LogP contribution in [0.15, 0.2) is 53.9 Å². The van der Waals surface area contributed by atoms with Crippen molar-refractivity contribution in [2.24, 2.45) is 0 Å². The highest BCUT2D eigenvalue weighted by Gasteiger charge is 2.14. The van der Waals surface area contributed by atoms with Crippen LogP contribution in [0.1, 0.15) is 23.0 Å². The Morgan fingerprint density at radius 3 is 2.77 bits per heavy atom. The molecule has 0 unspecified atom stereocenters. The van der Waals surface area contributed by atoms with Crippen LogP contribution in [-0.4, -0.2) is 48.7 Å². The van der Waals surface area contributed by atoms with E-state index in [1.165, 1.54) is 16.9 Å². The van der Waals surface area contributed by atoms with Crippen LogP contribution in [0, 0.1) is 0 Å². The number of benzene rings is 2. The first-order valence-corrected chi connectivity index (χ1v) is 11.0. The van der Waals surface area contributed by atoms with Crippen LogP contribution in [0.5, 0.6) is 5.75 Å². The van der Waals surface area contributed by atoms with Gasteiger partial charge >= 0.3 is 0 Å². The van der Waals surface area contributed by atoms with Crippen molar-refractivity contribution in [2.45, 2.75) is 13.5 Å². The SMILES string of the molecule is CCOc1ccc(-c2nc(C(=O)Nc3cccc(CN4CCOCC4)c3)cs2)cc1. The second-order valence-electron chi connectivity index (χ2n) is 7.04. The van der Waals surface area contributed by atoms with E-state index < -0.39 is 0 Å². The van der Waals surface area contributed by atoms with Crippen LogP contribution < -0.4 is 10.1 Å². The lowest BCUT2D eigenvalue weighted by Crippen LogP contribution is -2.35. The summed E-state index contributed by atoms with van der Waals surface area (Å²) in [5, 5.41) is 5.57. The van der Waals surface area contributed by atoms with Crippen LogP contribution in [0.25, 0.3) is 10.6 Å². The standard InChI is InChI=1S/C23H25N3O3S/c1-2-29-20-8-6-18(7-9-20)23-25-21(16-30-23)22(27)24-19-5-3-4-17(14-19)15-26-10-12-28-13-11-26/h3-9,14,16H,2,10-13,15H2,1H3,(H,24,27). The minimum absolute atomic E-state index is 0.202. The van der Waals surface area contributed by atoms with Crippen molar-refractivity contribution in [1.29, 1.82) is 0 Å². The lowest BCUT2D eigenvalue weighted by Gasteiger charge is -2.26. The lowest BCUT2D eigenvalue weighted by molar-refractivity contribution is 0.0342. The van der Waals surface area contributed by atoms with E-state index in [9.17, 15) is 4.79 Å². The summed E-state index contributed by atoms with van der Waals surface area (Å²) in [6.07, 6.45) is 0. The summed E-state index contributed by atoms with van der Waals surface area (Å²) in [5.74, 6) is 0.625. The summed E-state index contributed by atoms with van der Waals surface area (Å²) in [7, 11) is 0. The molecule has 6 nitrogen and oxygen atoms in total. The highest BCUT2D eigenvalue weighted by atomic mass is 32.1. The van der Waals surface area contributed by atoms with E-state index in [1.54, 1.807) is 5.38 Å². The van der Waals surface area contributed by atoms with Crippen LogP contribution in [0.3, 0.4) is 0 Å². The summed E-state index contributed by atoms with van der Waals surface area (Å²) in [6.45, 7) is 6.86. The molecule has 2 aromatic carbocycles. The third kappa shape index (κ3) is 5.24. The fourth-order valence-electron chi connectivity index (χ4n) is 3.33. The molecule has 156 valence electrons. The number of hydrogen-bond donors (Lipinski definition) is 1. The van der Waals surface area contributed by atoms with Gasteiger partial charge in [0.1, 0.15) is 16.5 Å². The highest BCUT2D eigenvalue weighted by molar-refractivity contribution is 7.13.